The van der Waals surface area contributed by atoms with Crippen LogP contribution in [-0.2, 0) is 0 Å². The molecule has 1 heteroatoms. The quantitative estimate of drug-likeness (QED) is 0.588. The molecule has 0 aliphatic carbocycles. The zero-order valence-electron chi connectivity index (χ0n) is 7.91. The molecule has 0 radical (unpaired) electrons. The van der Waals surface area contributed by atoms with Crippen molar-refractivity contribution in [2.45, 2.75) is 26.7 Å². The van der Waals surface area contributed by atoms with Crippen LogP contribution < -0.4 is 0 Å². The minimum Gasteiger partial charge on any atom is -0.261 e. The van der Waals surface area contributed by atoms with Gasteiger partial charge in [0.25, 0.3) is 0 Å². The summed E-state index contributed by atoms with van der Waals surface area (Å²) in [5.41, 5.74) is 2.41. The summed E-state index contributed by atoms with van der Waals surface area (Å²) in [4.78, 5) is 4.30. The van der Waals surface area contributed by atoms with E-state index in [0.717, 1.165) is 5.69 Å². The Balaban J connectivity index is 3.08. The molecule has 0 heterocycles. The largest absolute Gasteiger partial charge is 0.261 e. The first-order valence-corrected chi connectivity index (χ1v) is 4.33. The third kappa shape index (κ3) is 1.94. The molecule has 1 aromatic carbocycles. The molecule has 0 saturated heterocycles. The molecular weight excluding hydrogens is 146 g/mol. The molecule has 1 rings (SSSR count). The number of hydrogen-bond acceptors (Lipinski definition) is 1. The Bertz CT molecular complexity index is 274. The van der Waals surface area contributed by atoms with Crippen molar-refractivity contribution in [3.05, 3.63) is 29.8 Å². The molecule has 12 heavy (non-hydrogen) atoms. The fraction of sp³-hybridized carbons (Fsp3) is 0.364. The second-order valence-corrected chi connectivity index (χ2v) is 3.10. The van der Waals surface area contributed by atoms with Crippen LogP contribution in [0.15, 0.2) is 29.3 Å². The van der Waals surface area contributed by atoms with Crippen LogP contribution in [0.3, 0.4) is 0 Å². The molecule has 0 bridgehead atoms. The van der Waals surface area contributed by atoms with Crippen LogP contribution in [0.2, 0.25) is 0 Å². The molecule has 0 atom stereocenters. The van der Waals surface area contributed by atoms with E-state index in [1.54, 1.807) is 0 Å². The van der Waals surface area contributed by atoms with Crippen molar-refractivity contribution < 1.29 is 0 Å². The number of nitrogens with zero attached hydrogens (tertiary/aromatic N) is 1. The van der Waals surface area contributed by atoms with E-state index in [0.29, 0.717) is 5.92 Å². The van der Waals surface area contributed by atoms with Crippen LogP contribution in [0.4, 0.5) is 5.69 Å². The highest BCUT2D eigenvalue weighted by atomic mass is 14.7. The van der Waals surface area contributed by atoms with Gasteiger partial charge in [0.15, 0.2) is 0 Å². The number of hydrogen-bond donors (Lipinski definition) is 0. The summed E-state index contributed by atoms with van der Waals surface area (Å²) in [6.45, 7) is 6.31. The van der Waals surface area contributed by atoms with Crippen LogP contribution in [0, 0.1) is 0 Å². The fourth-order valence-corrected chi connectivity index (χ4v) is 1.23. The molecule has 0 unspecified atom stereocenters. The minimum atomic E-state index is 0.546. The van der Waals surface area contributed by atoms with Gasteiger partial charge in [-0.25, -0.2) is 0 Å². The lowest BCUT2D eigenvalue weighted by Gasteiger charge is -2.07. The van der Waals surface area contributed by atoms with Crippen molar-refractivity contribution in [3.63, 3.8) is 0 Å². The molecule has 0 aliphatic rings. The summed E-state index contributed by atoms with van der Waals surface area (Å²) in [7, 11) is 0. The van der Waals surface area contributed by atoms with Crippen LogP contribution >= 0.6 is 0 Å². The van der Waals surface area contributed by atoms with Gasteiger partial charge in [0.2, 0.25) is 0 Å². The smallest absolute Gasteiger partial charge is 0.0660 e. The lowest BCUT2D eigenvalue weighted by atomic mass is 10.0. The molecule has 0 aromatic heterocycles. The minimum absolute atomic E-state index is 0.546. The van der Waals surface area contributed by atoms with Crippen molar-refractivity contribution in [2.24, 2.45) is 4.99 Å². The molecular formula is C11H15N. The second kappa shape index (κ2) is 4.05. The monoisotopic (exact) mass is 161 g/mol. The number of benzene rings is 1. The first-order chi connectivity index (χ1) is 5.75. The maximum atomic E-state index is 4.30. The first-order valence-electron chi connectivity index (χ1n) is 4.33. The number of rotatable bonds is 2. The van der Waals surface area contributed by atoms with Crippen molar-refractivity contribution in [2.75, 3.05) is 0 Å². The Morgan fingerprint density at radius 1 is 1.25 bits per heavy atom. The van der Waals surface area contributed by atoms with Gasteiger partial charge in [0, 0.05) is 6.21 Å². The zero-order valence-corrected chi connectivity index (χ0v) is 7.91. The molecule has 0 spiro atoms. The van der Waals surface area contributed by atoms with E-state index in [2.05, 4.69) is 37.0 Å². The van der Waals surface area contributed by atoms with E-state index in [1.807, 2.05) is 19.2 Å². The Morgan fingerprint density at radius 2 is 1.92 bits per heavy atom. The molecule has 0 amide bonds. The molecule has 0 aliphatic heterocycles. The lowest BCUT2D eigenvalue weighted by Crippen LogP contribution is -1.86. The Kier molecular flexibility index (Phi) is 3.03. The van der Waals surface area contributed by atoms with Gasteiger partial charge in [0.1, 0.15) is 0 Å². The SMILES string of the molecule is C/C=N/c1ccccc1C(C)C. The summed E-state index contributed by atoms with van der Waals surface area (Å²) >= 11 is 0. The maximum absolute atomic E-state index is 4.30. The first kappa shape index (κ1) is 8.98. The molecule has 1 aromatic rings. The van der Waals surface area contributed by atoms with Crippen LogP contribution in [0.5, 0.6) is 0 Å². The van der Waals surface area contributed by atoms with Crippen molar-refractivity contribution in [1.82, 2.24) is 0 Å². The predicted octanol–water partition coefficient (Wildman–Crippen LogP) is 3.53. The molecule has 0 saturated carbocycles. The lowest BCUT2D eigenvalue weighted by molar-refractivity contribution is 0.867. The summed E-state index contributed by atoms with van der Waals surface area (Å²) < 4.78 is 0. The summed E-state index contributed by atoms with van der Waals surface area (Å²) in [6.07, 6.45) is 1.83. The third-order valence-corrected chi connectivity index (χ3v) is 1.83. The highest BCUT2D eigenvalue weighted by Crippen LogP contribution is 2.25. The Morgan fingerprint density at radius 3 is 2.50 bits per heavy atom. The van der Waals surface area contributed by atoms with Crippen molar-refractivity contribution >= 4 is 11.9 Å². The van der Waals surface area contributed by atoms with Gasteiger partial charge in [-0.1, -0.05) is 32.0 Å². The van der Waals surface area contributed by atoms with Gasteiger partial charge in [-0.05, 0) is 24.5 Å². The van der Waals surface area contributed by atoms with E-state index in [-0.39, 0.29) is 0 Å². The average molecular weight is 161 g/mol. The van der Waals surface area contributed by atoms with Gasteiger partial charge >= 0.3 is 0 Å². The number of para-hydroxylation sites is 1. The van der Waals surface area contributed by atoms with E-state index in [4.69, 9.17) is 0 Å². The molecule has 64 valence electrons. The molecule has 1 nitrogen and oxygen atoms in total. The summed E-state index contributed by atoms with van der Waals surface area (Å²) in [5, 5.41) is 0. The summed E-state index contributed by atoms with van der Waals surface area (Å²) in [5.74, 6) is 0.546. The average Bonchev–Trinajstić information content (AvgIpc) is 2.05. The predicted molar refractivity (Wildman–Crippen MR) is 54.4 cm³/mol. The van der Waals surface area contributed by atoms with Gasteiger partial charge in [-0.15, -0.1) is 0 Å². The summed E-state index contributed by atoms with van der Waals surface area (Å²) in [6, 6.07) is 8.26. The van der Waals surface area contributed by atoms with Crippen molar-refractivity contribution in [3.8, 4) is 0 Å². The van der Waals surface area contributed by atoms with Gasteiger partial charge in [-0.2, -0.15) is 0 Å². The van der Waals surface area contributed by atoms with Crippen LogP contribution in [-0.4, -0.2) is 6.21 Å². The Hall–Kier alpha value is -1.11. The van der Waals surface area contributed by atoms with Gasteiger partial charge < -0.3 is 0 Å². The van der Waals surface area contributed by atoms with E-state index >= 15 is 0 Å². The van der Waals surface area contributed by atoms with E-state index < -0.39 is 0 Å². The molecule has 0 N–H and O–H groups in total. The zero-order chi connectivity index (χ0) is 8.97. The fourth-order valence-electron chi connectivity index (χ4n) is 1.23. The van der Waals surface area contributed by atoms with E-state index in [1.165, 1.54) is 5.56 Å². The van der Waals surface area contributed by atoms with Crippen molar-refractivity contribution in [1.29, 1.82) is 0 Å². The number of aliphatic imine (C=N–C) groups is 1. The molecule has 0 fully saturated rings. The highest BCUT2D eigenvalue weighted by molar-refractivity contribution is 5.62. The standard InChI is InChI=1S/C11H15N/c1-4-12-11-8-6-5-7-10(11)9(2)3/h4-9H,1-3H3/b12-4+. The van der Waals surface area contributed by atoms with E-state index in [9.17, 15) is 0 Å². The highest BCUT2D eigenvalue weighted by Gasteiger charge is 2.02. The second-order valence-electron chi connectivity index (χ2n) is 3.10. The topological polar surface area (TPSA) is 12.4 Å². The van der Waals surface area contributed by atoms with Crippen LogP contribution in [0.1, 0.15) is 32.3 Å². The normalized spacial score (nSPS) is 11.3. The van der Waals surface area contributed by atoms with Gasteiger partial charge in [-0.3, -0.25) is 4.99 Å². The Labute approximate surface area is 74.2 Å². The van der Waals surface area contributed by atoms with Gasteiger partial charge in [0.05, 0.1) is 5.69 Å². The maximum Gasteiger partial charge on any atom is 0.0660 e. The third-order valence-electron chi connectivity index (χ3n) is 1.83. The van der Waals surface area contributed by atoms with Crippen LogP contribution in [0.25, 0.3) is 0 Å².